The average molecular weight is 221 g/mol. The SMILES string of the molecule is Cc1cccc([C@H](C)NC(C)/C(N)=N/O)c1. The molecule has 1 aromatic carbocycles. The Labute approximate surface area is 96.2 Å². The maximum Gasteiger partial charge on any atom is 0.156 e. The zero-order valence-corrected chi connectivity index (χ0v) is 9.94. The molecule has 1 aromatic rings. The number of oxime groups is 1. The fourth-order valence-corrected chi connectivity index (χ4v) is 1.58. The lowest BCUT2D eigenvalue weighted by Crippen LogP contribution is -2.40. The maximum atomic E-state index is 8.56. The van der Waals surface area contributed by atoms with Crippen LogP contribution >= 0.6 is 0 Å². The molecule has 0 saturated carbocycles. The molecule has 0 aliphatic rings. The normalized spacial score (nSPS) is 15.8. The second kappa shape index (κ2) is 5.51. The lowest BCUT2D eigenvalue weighted by molar-refractivity contribution is 0.314. The van der Waals surface area contributed by atoms with Gasteiger partial charge in [-0.25, -0.2) is 0 Å². The lowest BCUT2D eigenvalue weighted by atomic mass is 10.1. The first-order chi connectivity index (χ1) is 7.54. The first-order valence-corrected chi connectivity index (χ1v) is 5.34. The number of benzene rings is 1. The Morgan fingerprint density at radius 3 is 2.69 bits per heavy atom. The zero-order chi connectivity index (χ0) is 12.1. The summed E-state index contributed by atoms with van der Waals surface area (Å²) < 4.78 is 0. The molecule has 0 radical (unpaired) electrons. The maximum absolute atomic E-state index is 8.56. The molecule has 16 heavy (non-hydrogen) atoms. The van der Waals surface area contributed by atoms with Crippen LogP contribution in [0.1, 0.15) is 31.0 Å². The average Bonchev–Trinajstić information content (AvgIpc) is 2.27. The molecule has 0 saturated heterocycles. The molecule has 0 aliphatic heterocycles. The van der Waals surface area contributed by atoms with E-state index in [0.717, 1.165) is 0 Å². The van der Waals surface area contributed by atoms with Crippen LogP contribution in [0.3, 0.4) is 0 Å². The minimum Gasteiger partial charge on any atom is -0.409 e. The Morgan fingerprint density at radius 2 is 2.12 bits per heavy atom. The van der Waals surface area contributed by atoms with Crippen molar-refractivity contribution in [3.63, 3.8) is 0 Å². The Kier molecular flexibility index (Phi) is 4.31. The van der Waals surface area contributed by atoms with E-state index in [0.29, 0.717) is 0 Å². The van der Waals surface area contributed by atoms with Gasteiger partial charge in [-0.15, -0.1) is 0 Å². The van der Waals surface area contributed by atoms with Crippen molar-refractivity contribution in [2.24, 2.45) is 10.9 Å². The Hall–Kier alpha value is -1.55. The molecule has 4 heteroatoms. The highest BCUT2D eigenvalue weighted by Gasteiger charge is 2.12. The van der Waals surface area contributed by atoms with Gasteiger partial charge in [0.1, 0.15) is 0 Å². The van der Waals surface area contributed by atoms with Crippen LogP contribution in [0.4, 0.5) is 0 Å². The van der Waals surface area contributed by atoms with Gasteiger partial charge in [0.2, 0.25) is 0 Å². The minimum atomic E-state index is -0.152. The van der Waals surface area contributed by atoms with Crippen molar-refractivity contribution in [2.45, 2.75) is 32.9 Å². The lowest BCUT2D eigenvalue weighted by Gasteiger charge is -2.19. The molecule has 0 heterocycles. The summed E-state index contributed by atoms with van der Waals surface area (Å²) in [6.45, 7) is 5.97. The molecule has 0 spiro atoms. The highest BCUT2D eigenvalue weighted by molar-refractivity contribution is 5.84. The Bertz CT molecular complexity index is 376. The van der Waals surface area contributed by atoms with Gasteiger partial charge in [0, 0.05) is 6.04 Å². The zero-order valence-electron chi connectivity index (χ0n) is 9.94. The predicted octanol–water partition coefficient (Wildman–Crippen LogP) is 1.78. The van der Waals surface area contributed by atoms with Crippen LogP contribution in [0, 0.1) is 6.92 Å². The van der Waals surface area contributed by atoms with Gasteiger partial charge in [-0.05, 0) is 26.3 Å². The Morgan fingerprint density at radius 1 is 1.44 bits per heavy atom. The molecule has 0 aliphatic carbocycles. The summed E-state index contributed by atoms with van der Waals surface area (Å²) in [5.41, 5.74) is 7.93. The van der Waals surface area contributed by atoms with Crippen LogP contribution in [-0.2, 0) is 0 Å². The van der Waals surface area contributed by atoms with E-state index in [1.54, 1.807) is 0 Å². The monoisotopic (exact) mass is 221 g/mol. The van der Waals surface area contributed by atoms with Crippen LogP contribution < -0.4 is 11.1 Å². The number of aryl methyl sites for hydroxylation is 1. The summed E-state index contributed by atoms with van der Waals surface area (Å²) in [4.78, 5) is 0. The van der Waals surface area contributed by atoms with Crippen molar-refractivity contribution in [1.29, 1.82) is 0 Å². The molecule has 2 atom stereocenters. The summed E-state index contributed by atoms with van der Waals surface area (Å²) in [5, 5.41) is 14.8. The summed E-state index contributed by atoms with van der Waals surface area (Å²) >= 11 is 0. The third-order valence-electron chi connectivity index (χ3n) is 2.60. The molecule has 0 fully saturated rings. The van der Waals surface area contributed by atoms with E-state index in [9.17, 15) is 0 Å². The van der Waals surface area contributed by atoms with Crippen molar-refractivity contribution < 1.29 is 5.21 Å². The molecular weight excluding hydrogens is 202 g/mol. The summed E-state index contributed by atoms with van der Waals surface area (Å²) in [5.74, 6) is 0.194. The quantitative estimate of drug-likeness (QED) is 0.314. The number of rotatable bonds is 4. The highest BCUT2D eigenvalue weighted by Crippen LogP contribution is 2.14. The molecule has 0 amide bonds. The van der Waals surface area contributed by atoms with Crippen molar-refractivity contribution in [3.8, 4) is 0 Å². The molecule has 0 bridgehead atoms. The van der Waals surface area contributed by atoms with E-state index >= 15 is 0 Å². The number of hydrogen-bond donors (Lipinski definition) is 3. The Balaban J connectivity index is 2.69. The minimum absolute atomic E-state index is 0.152. The topological polar surface area (TPSA) is 70.6 Å². The fourth-order valence-electron chi connectivity index (χ4n) is 1.58. The second-order valence-corrected chi connectivity index (χ2v) is 4.05. The fraction of sp³-hybridized carbons (Fsp3) is 0.417. The second-order valence-electron chi connectivity index (χ2n) is 4.05. The third kappa shape index (κ3) is 3.24. The van der Waals surface area contributed by atoms with Crippen molar-refractivity contribution in [3.05, 3.63) is 35.4 Å². The first-order valence-electron chi connectivity index (χ1n) is 5.34. The number of nitrogens with two attached hydrogens (primary N) is 1. The van der Waals surface area contributed by atoms with Crippen LogP contribution in [-0.4, -0.2) is 17.1 Å². The van der Waals surface area contributed by atoms with Crippen molar-refractivity contribution in [1.82, 2.24) is 5.32 Å². The van der Waals surface area contributed by atoms with Crippen LogP contribution in [0.15, 0.2) is 29.4 Å². The molecule has 4 nitrogen and oxygen atoms in total. The van der Waals surface area contributed by atoms with E-state index in [1.807, 2.05) is 13.0 Å². The van der Waals surface area contributed by atoms with Crippen molar-refractivity contribution in [2.75, 3.05) is 0 Å². The van der Waals surface area contributed by atoms with E-state index in [-0.39, 0.29) is 17.9 Å². The molecular formula is C12H19N3O. The van der Waals surface area contributed by atoms with E-state index in [4.69, 9.17) is 10.9 Å². The number of nitrogens with zero attached hydrogens (tertiary/aromatic N) is 1. The molecule has 1 rings (SSSR count). The standard InChI is InChI=1S/C12H19N3O/c1-8-5-4-6-11(7-8)9(2)14-10(3)12(13)15-16/h4-7,9-10,14,16H,1-3H3,(H2,13,15)/t9-,10?/m0/s1. The van der Waals surface area contributed by atoms with Crippen LogP contribution in [0.2, 0.25) is 0 Å². The summed E-state index contributed by atoms with van der Waals surface area (Å²) in [6.07, 6.45) is 0. The third-order valence-corrected chi connectivity index (χ3v) is 2.60. The van der Waals surface area contributed by atoms with Crippen LogP contribution in [0.25, 0.3) is 0 Å². The van der Waals surface area contributed by atoms with Gasteiger partial charge >= 0.3 is 0 Å². The number of hydrogen-bond acceptors (Lipinski definition) is 3. The highest BCUT2D eigenvalue weighted by atomic mass is 16.4. The molecule has 88 valence electrons. The van der Waals surface area contributed by atoms with Crippen molar-refractivity contribution >= 4 is 5.84 Å². The summed E-state index contributed by atoms with van der Waals surface area (Å²) in [7, 11) is 0. The van der Waals surface area contributed by atoms with Gasteiger partial charge in [-0.2, -0.15) is 0 Å². The van der Waals surface area contributed by atoms with Gasteiger partial charge in [-0.1, -0.05) is 35.0 Å². The largest absolute Gasteiger partial charge is 0.409 e. The number of amidine groups is 1. The van der Waals surface area contributed by atoms with Gasteiger partial charge < -0.3 is 16.3 Å². The molecule has 4 N–H and O–H groups in total. The van der Waals surface area contributed by atoms with Gasteiger partial charge in [0.15, 0.2) is 5.84 Å². The predicted molar refractivity (Wildman–Crippen MR) is 65.6 cm³/mol. The molecule has 0 aromatic heterocycles. The van der Waals surface area contributed by atoms with E-state index in [1.165, 1.54) is 11.1 Å². The van der Waals surface area contributed by atoms with Gasteiger partial charge in [0.25, 0.3) is 0 Å². The smallest absolute Gasteiger partial charge is 0.156 e. The van der Waals surface area contributed by atoms with Gasteiger partial charge in [0.05, 0.1) is 6.04 Å². The van der Waals surface area contributed by atoms with Gasteiger partial charge in [-0.3, -0.25) is 0 Å². The van der Waals surface area contributed by atoms with E-state index < -0.39 is 0 Å². The van der Waals surface area contributed by atoms with E-state index in [2.05, 4.69) is 42.5 Å². The van der Waals surface area contributed by atoms with Crippen LogP contribution in [0.5, 0.6) is 0 Å². The molecule has 1 unspecified atom stereocenters. The summed E-state index contributed by atoms with van der Waals surface area (Å²) in [6, 6.07) is 8.27. The number of nitrogens with one attached hydrogen (secondary N) is 1. The first kappa shape index (κ1) is 12.5.